The third kappa shape index (κ3) is 24.7. The number of benzene rings is 8. The first kappa shape index (κ1) is 108. The van der Waals surface area contributed by atoms with Crippen LogP contribution in [0.2, 0.25) is 0 Å². The lowest BCUT2D eigenvalue weighted by Gasteiger charge is -2.18. The molecule has 21 rings (SSSR count). The van der Waals surface area contributed by atoms with E-state index in [4.69, 9.17) is 44.4 Å². The van der Waals surface area contributed by atoms with Gasteiger partial charge in [0.25, 0.3) is 0 Å². The molecule has 0 amide bonds. The van der Waals surface area contributed by atoms with Crippen molar-refractivity contribution in [2.45, 2.75) is 399 Å². The molecule has 3 aliphatic carbocycles. The van der Waals surface area contributed by atoms with Crippen LogP contribution >= 0.6 is 0 Å². The summed E-state index contributed by atoms with van der Waals surface area (Å²) in [4.78, 5) is 61.2. The number of imidazole rings is 7. The fourth-order valence-electron chi connectivity index (χ4n) is 19.6. The number of aryl methyl sites for hydroxylation is 6. The molecule has 0 saturated heterocycles. The summed E-state index contributed by atoms with van der Waals surface area (Å²) in [6.07, 6.45) is 9.69. The summed E-state index contributed by atoms with van der Waals surface area (Å²) < 4.78 is 11.8. The van der Waals surface area contributed by atoms with Crippen LogP contribution in [0.5, 0.6) is 11.5 Å². The van der Waals surface area contributed by atoms with Crippen molar-refractivity contribution >= 4 is 21.8 Å². The van der Waals surface area contributed by atoms with E-state index in [-0.39, 0.29) is 37.9 Å². The van der Waals surface area contributed by atoms with Gasteiger partial charge in [0.15, 0.2) is 0 Å². The number of H-pyrrole nitrogens is 7. The maximum Gasteiger partial charge on any atom is 0.130 e. The summed E-state index contributed by atoms with van der Waals surface area (Å²) in [5, 5.41) is 2.51. The van der Waals surface area contributed by atoms with Gasteiger partial charge in [-0.1, -0.05) is 352 Å². The van der Waals surface area contributed by atoms with Crippen molar-refractivity contribution in [2.24, 2.45) is 0 Å². The van der Waals surface area contributed by atoms with E-state index in [1.165, 1.54) is 146 Å². The Morgan fingerprint density at radius 2 is 0.614 bits per heavy atom. The first-order valence-corrected chi connectivity index (χ1v) is 54.1. The first-order chi connectivity index (χ1) is 67.9. The second-order valence-electron chi connectivity index (χ2n) is 51.3. The van der Waals surface area contributed by atoms with Gasteiger partial charge in [0.2, 0.25) is 0 Å². The predicted octanol–water partition coefficient (Wildman–Crippen LogP) is 32.5. The minimum atomic E-state index is 0.0232. The average molecular weight is 1950 g/mol. The summed E-state index contributed by atoms with van der Waals surface area (Å²) in [6.45, 7) is 80.6. The van der Waals surface area contributed by atoms with Crippen molar-refractivity contribution in [1.82, 2.24) is 74.7 Å². The standard InChI is InChI=1S/C19H27N3.2C19H26N2.C18H24N2O.C18H24N2.C18H22N2.C17H22N2O/c1-12(2)13-7-8-15-14(9-13)10-22(6)11-16-17(15)21-18(20-16)19(3,4)5;1-12(2)14-7-6-13-8-9-16-17(11-15(13)10-14)21-18(20-16)19(3,4)5;1-12(2)13-9-10-15-14(11-13)7-6-8-16-17(15)21-18(20-16)19(3,4)5;1-11(2)12-6-7-13-15(10-12)21-9-8-14-16(13)20-17(19-14)18(3,4)5;2*1-11(2)12-6-8-14-13(10-12)7-9-15-16(14)20-17(19-15)18(3,4)5;1-10(2)11-6-7-12-14(8-11)20-9-13-15(12)19-16(18-13)17(3,4)5/h7-9,12H,10-11H2,1-6H3,(H,20,21);6-7,10,12H,8-9,11H2,1-5H3,(H,20,21);9-12H,6-8H2,1-5H3,(H,20,21);6-7,10-11H,8-9H2,1-5H3,(H,19,20);6,8,10-11H,7,9H2,1-5H3,(H,19,20);6-11H,1-5H3,(H,19,20);6-8,10H,9H2,1-5H3,(H,18,19). The quantitative estimate of drug-likeness (QED) is 0.0800. The molecule has 0 bridgehead atoms. The van der Waals surface area contributed by atoms with Gasteiger partial charge in [-0.25, -0.2) is 34.9 Å². The maximum absolute atomic E-state index is 5.95. The van der Waals surface area contributed by atoms with Gasteiger partial charge in [0.05, 0.1) is 63.2 Å². The number of hydrogen-bond acceptors (Lipinski definition) is 10. The molecule has 0 fully saturated rings. The smallest absolute Gasteiger partial charge is 0.130 e. The number of fused-ring (bicyclic) bond motifs is 20. The van der Waals surface area contributed by atoms with Gasteiger partial charge < -0.3 is 44.4 Å². The number of aromatic amines is 7. The summed E-state index contributed by atoms with van der Waals surface area (Å²) in [5.74, 6) is 13.3. The largest absolute Gasteiger partial charge is 0.492 e. The van der Waals surface area contributed by atoms with E-state index in [1.807, 2.05) is 0 Å². The number of aromatic nitrogens is 14. The highest BCUT2D eigenvalue weighted by molar-refractivity contribution is 6.04. The molecule has 0 radical (unpaired) electrons. The number of ether oxygens (including phenoxy) is 2. The summed E-state index contributed by atoms with van der Waals surface area (Å²) in [6, 6.07) is 51.7. The molecule has 770 valence electrons. The van der Waals surface area contributed by atoms with Crippen LogP contribution < -0.4 is 9.47 Å². The van der Waals surface area contributed by atoms with Crippen LogP contribution in [-0.4, -0.2) is 88.3 Å². The van der Waals surface area contributed by atoms with E-state index in [0.29, 0.717) is 54.6 Å². The van der Waals surface area contributed by atoms with Crippen LogP contribution in [-0.2, 0) is 109 Å². The Balaban J connectivity index is 0.000000127. The number of nitrogens with one attached hydrogen (secondary N) is 7. The number of hydrogen-bond donors (Lipinski definition) is 7. The molecule has 7 aromatic heterocycles. The van der Waals surface area contributed by atoms with Crippen molar-refractivity contribution in [1.29, 1.82) is 0 Å². The zero-order valence-corrected chi connectivity index (χ0v) is 94.9. The Bertz CT molecular complexity index is 6860. The number of rotatable bonds is 7. The molecule has 3 aliphatic heterocycles. The minimum absolute atomic E-state index is 0.0232. The highest BCUT2D eigenvalue weighted by atomic mass is 16.5. The van der Waals surface area contributed by atoms with Crippen molar-refractivity contribution < 1.29 is 9.47 Å². The molecule has 17 heteroatoms. The van der Waals surface area contributed by atoms with Crippen molar-refractivity contribution in [2.75, 3.05) is 13.7 Å². The first-order valence-electron chi connectivity index (χ1n) is 54.1. The molecule has 0 saturated carbocycles. The normalized spacial score (nSPS) is 14.4. The minimum Gasteiger partial charge on any atom is -0.492 e. The van der Waals surface area contributed by atoms with Gasteiger partial charge in [-0.2, -0.15) is 0 Å². The van der Waals surface area contributed by atoms with Crippen LogP contribution in [0, 0.1) is 0 Å². The summed E-state index contributed by atoms with van der Waals surface area (Å²) in [5.41, 5.74) is 40.0. The fourth-order valence-corrected chi connectivity index (χ4v) is 19.6. The van der Waals surface area contributed by atoms with E-state index < -0.39 is 0 Å². The lowest BCUT2D eigenvalue weighted by atomic mass is 9.89. The maximum atomic E-state index is 5.95. The Labute approximate surface area is 867 Å². The molecule has 15 aromatic rings. The molecule has 0 atom stereocenters. The van der Waals surface area contributed by atoms with Gasteiger partial charge in [-0.05, 0) is 196 Å². The zero-order chi connectivity index (χ0) is 105. The van der Waals surface area contributed by atoms with Crippen LogP contribution in [0.25, 0.3) is 78.1 Å². The van der Waals surface area contributed by atoms with E-state index in [2.05, 4.69) is 429 Å². The molecule has 0 spiro atoms. The van der Waals surface area contributed by atoms with Crippen LogP contribution in [0.15, 0.2) is 140 Å². The lowest BCUT2D eigenvalue weighted by Crippen LogP contribution is -2.17. The highest BCUT2D eigenvalue weighted by Crippen LogP contribution is 2.45. The molecular weight excluding hydrogens is 1780 g/mol. The van der Waals surface area contributed by atoms with Gasteiger partial charge in [0, 0.05) is 120 Å². The molecule has 145 heavy (non-hydrogen) atoms. The lowest BCUT2D eigenvalue weighted by molar-refractivity contribution is 0.297. The Morgan fingerprint density at radius 1 is 0.269 bits per heavy atom. The fraction of sp³-hybridized carbons (Fsp3) is 0.492. The zero-order valence-electron chi connectivity index (χ0n) is 94.9. The molecule has 10 heterocycles. The predicted molar refractivity (Wildman–Crippen MR) is 607 cm³/mol. The second-order valence-corrected chi connectivity index (χ2v) is 51.3. The molecule has 6 aliphatic rings. The third-order valence-electron chi connectivity index (χ3n) is 29.2. The van der Waals surface area contributed by atoms with Gasteiger partial charge in [-0.3, -0.25) is 4.90 Å². The van der Waals surface area contributed by atoms with Crippen molar-refractivity contribution in [3.63, 3.8) is 0 Å². The molecule has 7 N–H and O–H groups in total. The van der Waals surface area contributed by atoms with Crippen molar-refractivity contribution in [3.8, 4) is 67.8 Å². The Hall–Kier alpha value is -11.7. The van der Waals surface area contributed by atoms with Crippen molar-refractivity contribution in [3.05, 3.63) is 287 Å². The summed E-state index contributed by atoms with van der Waals surface area (Å²) >= 11 is 0. The number of nitrogens with zero attached hydrogens (tertiary/aromatic N) is 8. The van der Waals surface area contributed by atoms with Crippen LogP contribution in [0.1, 0.15) is 438 Å². The SMILES string of the molecule is CC(C)c1ccc2c(c1)CCCc1[nH]c(C(C)(C)C)nc1-2.CC(C)c1ccc2c(c1)CCc1[nH]c(C(C)(C)C)nc1-2.CC(C)c1ccc2c(c1)CN(C)Cc1[nH]c(C(C)(C)C)nc1-2.CC(C)c1ccc2c(c1)Cc1[nH]c(C(C)(C)C)nc1CC2.CC(C)c1ccc2c(c1)OCCc1[nH]c(C(C)(C)C)nc1-2.CC(C)c1ccc2c(c1)OCc1[nH]c(C(C)(C)C)nc1-2.CC(C)c1ccc2c(ccc3[nH]c(C(C)(C)C)nc32)c1. The molecule has 8 aromatic carbocycles. The molecule has 17 nitrogen and oxygen atoms in total. The van der Waals surface area contributed by atoms with E-state index >= 15 is 0 Å². The Morgan fingerprint density at radius 3 is 1.09 bits per heavy atom. The highest BCUT2D eigenvalue weighted by Gasteiger charge is 2.34. The Kier molecular flexibility index (Phi) is 31.4. The third-order valence-corrected chi connectivity index (χ3v) is 29.2. The molecule has 0 unspecified atom stereocenters. The van der Waals surface area contributed by atoms with Crippen LogP contribution in [0.4, 0.5) is 0 Å². The topological polar surface area (TPSA) is 222 Å². The summed E-state index contributed by atoms with van der Waals surface area (Å²) in [7, 11) is 2.18. The van der Waals surface area contributed by atoms with Gasteiger partial charge in [-0.15, -0.1) is 0 Å². The average Bonchev–Trinajstić information content (AvgIpc) is 1.64. The van der Waals surface area contributed by atoms with E-state index in [0.717, 1.165) is 162 Å². The van der Waals surface area contributed by atoms with Crippen LogP contribution in [0.3, 0.4) is 0 Å². The van der Waals surface area contributed by atoms with E-state index in [1.54, 1.807) is 0 Å². The van der Waals surface area contributed by atoms with Gasteiger partial charge >= 0.3 is 0 Å². The second kappa shape index (κ2) is 42.3. The molecular formula is C128H171N15O2. The van der Waals surface area contributed by atoms with E-state index in [9.17, 15) is 0 Å². The van der Waals surface area contributed by atoms with Gasteiger partial charge in [0.1, 0.15) is 58.9 Å². The monoisotopic (exact) mass is 1950 g/mol.